The van der Waals surface area contributed by atoms with Crippen LogP contribution in [0.3, 0.4) is 0 Å². The van der Waals surface area contributed by atoms with E-state index in [-0.39, 0.29) is 23.1 Å². The summed E-state index contributed by atoms with van der Waals surface area (Å²) in [6.07, 6.45) is 0.909. The van der Waals surface area contributed by atoms with Crippen LogP contribution in [0.2, 0.25) is 0 Å². The van der Waals surface area contributed by atoms with Crippen LogP contribution < -0.4 is 11.3 Å². The molecule has 1 aliphatic heterocycles. The van der Waals surface area contributed by atoms with Crippen LogP contribution in [-0.2, 0) is 0 Å². The first-order valence-electron chi connectivity index (χ1n) is 6.24. The molecule has 2 rings (SSSR count). The molecule has 0 radical (unpaired) electrons. The molecule has 98 valence electrons. The van der Waals surface area contributed by atoms with Gasteiger partial charge in [-0.3, -0.25) is 9.59 Å². The molecule has 1 saturated heterocycles. The summed E-state index contributed by atoms with van der Waals surface area (Å²) in [7, 11) is 0. The highest BCUT2D eigenvalue weighted by Crippen LogP contribution is 2.23. The second-order valence-corrected chi connectivity index (χ2v) is 5.03. The molecule has 0 aromatic carbocycles. The van der Waals surface area contributed by atoms with Crippen molar-refractivity contribution in [2.75, 3.05) is 13.1 Å². The number of hydrogen-bond donors (Lipinski definition) is 2. The van der Waals surface area contributed by atoms with Gasteiger partial charge >= 0.3 is 0 Å². The zero-order valence-corrected chi connectivity index (χ0v) is 10.8. The van der Waals surface area contributed by atoms with E-state index < -0.39 is 0 Å². The lowest BCUT2D eigenvalue weighted by molar-refractivity contribution is 0.0741. The van der Waals surface area contributed by atoms with E-state index in [4.69, 9.17) is 5.73 Å². The summed E-state index contributed by atoms with van der Waals surface area (Å²) in [5.74, 6) is 0.146. The van der Waals surface area contributed by atoms with Gasteiger partial charge in [-0.25, -0.2) is 0 Å². The maximum Gasteiger partial charge on any atom is 0.260 e. The summed E-state index contributed by atoms with van der Waals surface area (Å²) in [5, 5.41) is 0. The van der Waals surface area contributed by atoms with Gasteiger partial charge in [0.2, 0.25) is 0 Å². The van der Waals surface area contributed by atoms with Gasteiger partial charge < -0.3 is 15.6 Å². The van der Waals surface area contributed by atoms with Gasteiger partial charge in [-0.15, -0.1) is 0 Å². The molecule has 18 heavy (non-hydrogen) atoms. The highest BCUT2D eigenvalue weighted by atomic mass is 16.2. The minimum Gasteiger partial charge on any atom is -0.335 e. The molecule has 2 atom stereocenters. The Morgan fingerprint density at radius 3 is 2.83 bits per heavy atom. The lowest BCUT2D eigenvalue weighted by Crippen LogP contribution is -2.37. The summed E-state index contributed by atoms with van der Waals surface area (Å²) in [6, 6.07) is 3.49. The molecule has 0 spiro atoms. The summed E-state index contributed by atoms with van der Waals surface area (Å²) < 4.78 is 0. The zero-order valence-electron chi connectivity index (χ0n) is 10.8. The van der Waals surface area contributed by atoms with E-state index in [1.54, 1.807) is 24.0 Å². The minimum atomic E-state index is -0.316. The normalized spacial score (nSPS) is 23.4. The third kappa shape index (κ3) is 2.31. The molecule has 0 saturated carbocycles. The number of nitrogens with two attached hydrogens (primary N) is 1. The van der Waals surface area contributed by atoms with Crippen molar-refractivity contribution >= 4 is 5.91 Å². The van der Waals surface area contributed by atoms with Gasteiger partial charge in [-0.1, -0.05) is 0 Å². The third-order valence-corrected chi connectivity index (χ3v) is 3.54. The van der Waals surface area contributed by atoms with Crippen LogP contribution >= 0.6 is 0 Å². The highest BCUT2D eigenvalue weighted by molar-refractivity contribution is 5.94. The standard InChI is InChI=1S/C13H19N3O2/c1-8-3-4-11(12(17)15-8)13(18)16-7-10(6-14)5-9(16)2/h3-4,9-10H,5-7,14H2,1-2H3,(H,15,17). The van der Waals surface area contributed by atoms with Crippen LogP contribution in [0.4, 0.5) is 0 Å². The number of hydrogen-bond acceptors (Lipinski definition) is 3. The van der Waals surface area contributed by atoms with Crippen molar-refractivity contribution < 1.29 is 4.79 Å². The predicted octanol–water partition coefficient (Wildman–Crippen LogP) is 0.493. The molecule has 5 nitrogen and oxygen atoms in total. The summed E-state index contributed by atoms with van der Waals surface area (Å²) in [5.41, 5.74) is 6.29. The Morgan fingerprint density at radius 1 is 1.56 bits per heavy atom. The molecular weight excluding hydrogens is 230 g/mol. The van der Waals surface area contributed by atoms with Crippen LogP contribution in [-0.4, -0.2) is 34.9 Å². The minimum absolute atomic E-state index is 0.145. The Bertz CT molecular complexity index is 509. The summed E-state index contributed by atoms with van der Waals surface area (Å²) >= 11 is 0. The van der Waals surface area contributed by atoms with Gasteiger partial charge in [0.05, 0.1) is 0 Å². The summed E-state index contributed by atoms with van der Waals surface area (Å²) in [4.78, 5) is 28.5. The third-order valence-electron chi connectivity index (χ3n) is 3.54. The van der Waals surface area contributed by atoms with Crippen molar-refractivity contribution in [2.24, 2.45) is 11.7 Å². The molecule has 1 aromatic heterocycles. The fourth-order valence-electron chi connectivity index (χ4n) is 2.49. The predicted molar refractivity (Wildman–Crippen MR) is 69.5 cm³/mol. The maximum atomic E-state index is 12.3. The van der Waals surface area contributed by atoms with Crippen molar-refractivity contribution in [1.82, 2.24) is 9.88 Å². The molecule has 0 bridgehead atoms. The molecule has 1 aromatic rings. The van der Waals surface area contributed by atoms with E-state index in [9.17, 15) is 9.59 Å². The molecule has 3 N–H and O–H groups in total. The number of carbonyl (C=O) groups excluding carboxylic acids is 1. The molecule has 1 fully saturated rings. The summed E-state index contributed by atoms with van der Waals surface area (Å²) in [6.45, 7) is 5.01. The van der Waals surface area contributed by atoms with E-state index >= 15 is 0 Å². The van der Waals surface area contributed by atoms with Crippen LogP contribution in [0.5, 0.6) is 0 Å². The number of aryl methyl sites for hydroxylation is 1. The first-order chi connectivity index (χ1) is 8.52. The van der Waals surface area contributed by atoms with E-state index in [0.29, 0.717) is 19.0 Å². The lowest BCUT2D eigenvalue weighted by Gasteiger charge is -2.21. The quantitative estimate of drug-likeness (QED) is 0.800. The van der Waals surface area contributed by atoms with Crippen molar-refractivity contribution in [2.45, 2.75) is 26.3 Å². The molecular formula is C13H19N3O2. The fourth-order valence-corrected chi connectivity index (χ4v) is 2.49. The van der Waals surface area contributed by atoms with Gasteiger partial charge in [-0.2, -0.15) is 0 Å². The van der Waals surface area contributed by atoms with Crippen LogP contribution in [0, 0.1) is 12.8 Å². The van der Waals surface area contributed by atoms with E-state index in [0.717, 1.165) is 12.1 Å². The largest absolute Gasteiger partial charge is 0.335 e. The van der Waals surface area contributed by atoms with E-state index in [1.807, 2.05) is 6.92 Å². The average molecular weight is 249 g/mol. The van der Waals surface area contributed by atoms with Gasteiger partial charge in [0, 0.05) is 18.3 Å². The second-order valence-electron chi connectivity index (χ2n) is 5.03. The molecule has 1 amide bonds. The van der Waals surface area contributed by atoms with Gasteiger partial charge in [0.15, 0.2) is 0 Å². The zero-order chi connectivity index (χ0) is 13.3. The topological polar surface area (TPSA) is 79.2 Å². The van der Waals surface area contributed by atoms with Crippen molar-refractivity contribution in [3.63, 3.8) is 0 Å². The number of likely N-dealkylation sites (tertiary alicyclic amines) is 1. The maximum absolute atomic E-state index is 12.3. The second kappa shape index (κ2) is 4.94. The van der Waals surface area contributed by atoms with Crippen molar-refractivity contribution in [3.05, 3.63) is 33.7 Å². The Labute approximate surface area is 106 Å². The van der Waals surface area contributed by atoms with Gasteiger partial charge in [0.25, 0.3) is 11.5 Å². The number of amides is 1. The molecule has 2 heterocycles. The van der Waals surface area contributed by atoms with Crippen LogP contribution in [0.1, 0.15) is 29.4 Å². The molecule has 5 heteroatoms. The Hall–Kier alpha value is -1.62. The Balaban J connectivity index is 2.24. The van der Waals surface area contributed by atoms with E-state index in [2.05, 4.69) is 4.98 Å². The lowest BCUT2D eigenvalue weighted by atomic mass is 10.1. The van der Waals surface area contributed by atoms with Gasteiger partial charge in [0.1, 0.15) is 5.56 Å². The smallest absolute Gasteiger partial charge is 0.260 e. The molecule has 2 unspecified atom stereocenters. The number of aromatic amines is 1. The number of aromatic nitrogens is 1. The molecule has 0 aliphatic carbocycles. The Kier molecular flexibility index (Phi) is 3.52. The number of H-pyrrole nitrogens is 1. The van der Waals surface area contributed by atoms with Crippen molar-refractivity contribution in [3.8, 4) is 0 Å². The van der Waals surface area contributed by atoms with Crippen molar-refractivity contribution in [1.29, 1.82) is 0 Å². The molecule has 1 aliphatic rings. The number of nitrogens with one attached hydrogen (secondary N) is 1. The Morgan fingerprint density at radius 2 is 2.28 bits per heavy atom. The number of rotatable bonds is 2. The first kappa shape index (κ1) is 12.8. The highest BCUT2D eigenvalue weighted by Gasteiger charge is 2.32. The SMILES string of the molecule is Cc1ccc(C(=O)N2CC(CN)CC2C)c(=O)[nH]1. The monoisotopic (exact) mass is 249 g/mol. The fraction of sp³-hybridized carbons (Fsp3) is 0.538. The number of carbonyl (C=O) groups is 1. The van der Waals surface area contributed by atoms with Gasteiger partial charge in [-0.05, 0) is 44.9 Å². The van der Waals surface area contributed by atoms with E-state index in [1.165, 1.54) is 0 Å². The van der Waals surface area contributed by atoms with Crippen LogP contribution in [0.25, 0.3) is 0 Å². The average Bonchev–Trinajstić information content (AvgIpc) is 2.70. The first-order valence-corrected chi connectivity index (χ1v) is 6.24. The van der Waals surface area contributed by atoms with Crippen LogP contribution in [0.15, 0.2) is 16.9 Å². The number of pyridine rings is 1. The number of nitrogens with zero attached hydrogens (tertiary/aromatic N) is 1.